The topological polar surface area (TPSA) is 59.8 Å². The highest BCUT2D eigenvalue weighted by Gasteiger charge is 2.18. The predicted octanol–water partition coefficient (Wildman–Crippen LogP) is 4.21. The van der Waals surface area contributed by atoms with Gasteiger partial charge < -0.3 is 5.32 Å². The largest absolute Gasteiger partial charge is 0.347 e. The second-order valence-corrected chi connectivity index (χ2v) is 8.21. The molecule has 0 saturated carbocycles. The molecule has 3 rings (SSSR count). The number of thiophene rings is 1. The molecule has 0 fully saturated rings. The molecule has 0 unspecified atom stereocenters. The third-order valence-corrected chi connectivity index (χ3v) is 5.98. The Hall–Kier alpha value is -1.99. The molecule has 1 amide bonds. The zero-order valence-corrected chi connectivity index (χ0v) is 17.0. The van der Waals surface area contributed by atoms with Crippen LogP contribution in [0.3, 0.4) is 0 Å². The second kappa shape index (κ2) is 8.60. The molecule has 0 radical (unpaired) electrons. The molecule has 0 spiro atoms. The van der Waals surface area contributed by atoms with Gasteiger partial charge in [-0.05, 0) is 55.6 Å². The first kappa shape index (κ1) is 18.8. The Labute approximate surface area is 162 Å². The minimum atomic E-state index is -0.0653. The lowest BCUT2D eigenvalue weighted by Crippen LogP contribution is -2.30. The summed E-state index contributed by atoms with van der Waals surface area (Å²) in [6.07, 6.45) is 2.04. The summed E-state index contributed by atoms with van der Waals surface area (Å²) < 4.78 is 1.97. The number of rotatable bonds is 8. The van der Waals surface area contributed by atoms with Crippen LogP contribution in [-0.4, -0.2) is 20.7 Å². The van der Waals surface area contributed by atoms with Crippen molar-refractivity contribution in [1.82, 2.24) is 20.1 Å². The van der Waals surface area contributed by atoms with E-state index in [9.17, 15) is 4.79 Å². The molecule has 0 aliphatic rings. The highest BCUT2D eigenvalue weighted by molar-refractivity contribution is 7.09. The number of hydrogen-bond donors (Lipinski definition) is 1. The Morgan fingerprint density at radius 3 is 2.73 bits per heavy atom. The molecule has 1 N–H and O–H groups in total. The summed E-state index contributed by atoms with van der Waals surface area (Å²) in [5.74, 6) is 0.0691. The molecule has 7 heteroatoms. The van der Waals surface area contributed by atoms with E-state index in [0.717, 1.165) is 41.5 Å². The number of aromatic nitrogens is 3. The van der Waals surface area contributed by atoms with Crippen LogP contribution >= 0.6 is 22.7 Å². The molecule has 3 aromatic rings. The van der Waals surface area contributed by atoms with Crippen LogP contribution in [-0.2, 0) is 17.8 Å². The molecule has 0 bridgehead atoms. The maximum absolute atomic E-state index is 12.5. The van der Waals surface area contributed by atoms with Crippen molar-refractivity contribution in [3.8, 4) is 0 Å². The van der Waals surface area contributed by atoms with E-state index in [4.69, 9.17) is 0 Å². The Kier molecular flexibility index (Phi) is 6.21. The van der Waals surface area contributed by atoms with E-state index in [2.05, 4.69) is 38.3 Å². The predicted molar refractivity (Wildman–Crippen MR) is 107 cm³/mol. The molecular formula is C19H24N4OS2. The maximum Gasteiger partial charge on any atom is 0.220 e. The number of aryl methyl sites for hydroxylation is 4. The molecule has 1 atom stereocenters. The first-order valence-electron chi connectivity index (χ1n) is 8.75. The van der Waals surface area contributed by atoms with E-state index in [-0.39, 0.29) is 11.9 Å². The van der Waals surface area contributed by atoms with Crippen LogP contribution in [0.4, 0.5) is 0 Å². The molecule has 26 heavy (non-hydrogen) atoms. The van der Waals surface area contributed by atoms with Crippen molar-refractivity contribution in [3.05, 3.63) is 55.9 Å². The molecule has 0 saturated heterocycles. The van der Waals surface area contributed by atoms with Crippen LogP contribution in [0.2, 0.25) is 0 Å². The van der Waals surface area contributed by atoms with E-state index >= 15 is 0 Å². The summed E-state index contributed by atoms with van der Waals surface area (Å²) in [7, 11) is 0. The quantitative estimate of drug-likeness (QED) is 0.629. The van der Waals surface area contributed by atoms with E-state index in [1.807, 2.05) is 30.8 Å². The maximum atomic E-state index is 12.5. The number of carbonyl (C=O) groups excluding carboxylic acids is 1. The van der Waals surface area contributed by atoms with Crippen LogP contribution < -0.4 is 5.32 Å². The molecule has 3 aromatic heterocycles. The summed E-state index contributed by atoms with van der Waals surface area (Å²) in [6, 6.07) is 4.10. The van der Waals surface area contributed by atoms with Gasteiger partial charge in [0.05, 0.1) is 11.7 Å². The van der Waals surface area contributed by atoms with Gasteiger partial charge in [-0.2, -0.15) is 16.4 Å². The van der Waals surface area contributed by atoms with Crippen LogP contribution in [0.15, 0.2) is 28.3 Å². The number of thiazole rings is 1. The Bertz CT molecular complexity index is 851. The summed E-state index contributed by atoms with van der Waals surface area (Å²) in [5, 5.41) is 14.8. The summed E-state index contributed by atoms with van der Waals surface area (Å²) in [5.41, 5.74) is 4.38. The first-order valence-corrected chi connectivity index (χ1v) is 10.6. The van der Waals surface area contributed by atoms with Crippen LogP contribution in [0, 0.1) is 20.8 Å². The monoisotopic (exact) mass is 388 g/mol. The highest BCUT2D eigenvalue weighted by atomic mass is 32.1. The molecule has 3 heterocycles. The minimum Gasteiger partial charge on any atom is -0.347 e. The Morgan fingerprint density at radius 1 is 1.27 bits per heavy atom. The molecule has 0 aliphatic heterocycles. The van der Waals surface area contributed by atoms with Crippen molar-refractivity contribution >= 4 is 28.6 Å². The van der Waals surface area contributed by atoms with Crippen molar-refractivity contribution in [2.24, 2.45) is 0 Å². The Morgan fingerprint density at radius 2 is 2.12 bits per heavy atom. The molecule has 0 aliphatic carbocycles. The fourth-order valence-electron chi connectivity index (χ4n) is 2.93. The normalized spacial score (nSPS) is 12.3. The second-order valence-electron chi connectivity index (χ2n) is 6.54. The van der Waals surface area contributed by atoms with E-state index in [1.165, 1.54) is 5.56 Å². The van der Waals surface area contributed by atoms with Crippen LogP contribution in [0.25, 0.3) is 0 Å². The lowest BCUT2D eigenvalue weighted by molar-refractivity contribution is -0.122. The molecular weight excluding hydrogens is 364 g/mol. The molecule has 138 valence electrons. The van der Waals surface area contributed by atoms with Crippen molar-refractivity contribution in [2.45, 2.75) is 52.6 Å². The van der Waals surface area contributed by atoms with E-state index < -0.39 is 0 Å². The number of nitrogens with zero attached hydrogens (tertiary/aromatic N) is 3. The number of nitrogens with one attached hydrogen (secondary N) is 1. The van der Waals surface area contributed by atoms with Crippen LogP contribution in [0.1, 0.15) is 46.5 Å². The van der Waals surface area contributed by atoms with E-state index in [0.29, 0.717) is 6.42 Å². The van der Waals surface area contributed by atoms with Gasteiger partial charge in [-0.25, -0.2) is 4.98 Å². The number of amides is 1. The lowest BCUT2D eigenvalue weighted by Gasteiger charge is -2.16. The molecule has 0 aromatic carbocycles. The van der Waals surface area contributed by atoms with Crippen LogP contribution in [0.5, 0.6) is 0 Å². The summed E-state index contributed by atoms with van der Waals surface area (Å²) in [6.45, 7) is 6.78. The summed E-state index contributed by atoms with van der Waals surface area (Å²) >= 11 is 3.29. The first-order chi connectivity index (χ1) is 12.5. The number of hydrogen-bond acceptors (Lipinski definition) is 5. The molecule has 5 nitrogen and oxygen atoms in total. The van der Waals surface area contributed by atoms with Crippen molar-refractivity contribution in [3.63, 3.8) is 0 Å². The average molecular weight is 389 g/mol. The van der Waals surface area contributed by atoms with Gasteiger partial charge in [-0.15, -0.1) is 11.3 Å². The standard InChI is InChI=1S/C19H24N4OS2/c1-13-9-15(3)23(22-13)7-4-5-18(24)21-17(10-16-6-8-25-12-16)19-20-14(2)11-26-19/h6,8-9,11-12,17H,4-5,7,10H2,1-3H3,(H,21,24)/t17-/m1/s1. The van der Waals surface area contributed by atoms with Crippen molar-refractivity contribution < 1.29 is 4.79 Å². The van der Waals surface area contributed by atoms with Gasteiger partial charge in [0.15, 0.2) is 0 Å². The highest BCUT2D eigenvalue weighted by Crippen LogP contribution is 2.23. The zero-order valence-electron chi connectivity index (χ0n) is 15.4. The Balaban J connectivity index is 1.57. The summed E-state index contributed by atoms with van der Waals surface area (Å²) in [4.78, 5) is 17.1. The lowest BCUT2D eigenvalue weighted by atomic mass is 10.1. The minimum absolute atomic E-state index is 0.0653. The van der Waals surface area contributed by atoms with Gasteiger partial charge in [0.2, 0.25) is 5.91 Å². The fraction of sp³-hybridized carbons (Fsp3) is 0.421. The zero-order chi connectivity index (χ0) is 18.5. The van der Waals surface area contributed by atoms with Crippen molar-refractivity contribution in [2.75, 3.05) is 0 Å². The SMILES string of the molecule is Cc1csc([C@@H](Cc2ccsc2)NC(=O)CCCn2nc(C)cc2C)n1. The number of carbonyl (C=O) groups is 1. The van der Waals surface area contributed by atoms with Crippen molar-refractivity contribution in [1.29, 1.82) is 0 Å². The third-order valence-electron chi connectivity index (χ3n) is 4.17. The van der Waals surface area contributed by atoms with Gasteiger partial charge in [0, 0.05) is 36.2 Å². The van der Waals surface area contributed by atoms with Gasteiger partial charge in [0.25, 0.3) is 0 Å². The fourth-order valence-corrected chi connectivity index (χ4v) is 4.46. The van der Waals surface area contributed by atoms with Gasteiger partial charge in [0.1, 0.15) is 5.01 Å². The third kappa shape index (κ3) is 5.02. The van der Waals surface area contributed by atoms with E-state index in [1.54, 1.807) is 22.7 Å². The smallest absolute Gasteiger partial charge is 0.220 e. The average Bonchev–Trinajstić information content (AvgIpc) is 3.30. The van der Waals surface area contributed by atoms with Gasteiger partial charge >= 0.3 is 0 Å². The van der Waals surface area contributed by atoms with Gasteiger partial charge in [-0.1, -0.05) is 0 Å². The van der Waals surface area contributed by atoms with Gasteiger partial charge in [-0.3, -0.25) is 9.48 Å².